The van der Waals surface area contributed by atoms with Gasteiger partial charge < -0.3 is 5.11 Å². The normalized spacial score (nSPS) is 16.0. The molecule has 0 saturated carbocycles. The Hall–Kier alpha value is -0.620. The summed E-state index contributed by atoms with van der Waals surface area (Å²) in [7, 11) is -3.76. The summed E-state index contributed by atoms with van der Waals surface area (Å²) in [5.74, 6) is -0.566. The van der Waals surface area contributed by atoms with Gasteiger partial charge in [0.2, 0.25) is 10.0 Å². The van der Waals surface area contributed by atoms with E-state index in [-0.39, 0.29) is 0 Å². The molecule has 0 aliphatic rings. The molecule has 0 radical (unpaired) electrons. The van der Waals surface area contributed by atoms with Crippen LogP contribution in [0.5, 0.6) is 0 Å². The number of hydrogen-bond donors (Lipinski definition) is 2. The van der Waals surface area contributed by atoms with Crippen LogP contribution in [0.1, 0.15) is 12.5 Å². The van der Waals surface area contributed by atoms with Gasteiger partial charge >= 0.3 is 0 Å². The maximum atomic E-state index is 10.9. The first-order valence-electron chi connectivity index (χ1n) is 4.20. The first kappa shape index (κ1) is 12.4. The van der Waals surface area contributed by atoms with Crippen LogP contribution in [0.3, 0.4) is 0 Å². The molecule has 0 aromatic heterocycles. The van der Waals surface area contributed by atoms with Crippen LogP contribution in [0.4, 0.5) is 0 Å². The highest BCUT2D eigenvalue weighted by atomic mass is 35.5. The summed E-state index contributed by atoms with van der Waals surface area (Å²) < 4.78 is 21.8. The number of hydrogen-bond acceptors (Lipinski definition) is 3. The predicted molar refractivity (Wildman–Crippen MR) is 59.0 cm³/mol. The molecule has 3 N–H and O–H groups in total. The number of benzene rings is 1. The Labute approximate surface area is 93.7 Å². The Morgan fingerprint density at radius 1 is 1.47 bits per heavy atom. The highest BCUT2D eigenvalue weighted by Gasteiger charge is 2.30. The van der Waals surface area contributed by atoms with Gasteiger partial charge in [0, 0.05) is 10.6 Å². The second-order valence-electron chi connectivity index (χ2n) is 3.56. The van der Waals surface area contributed by atoms with Crippen LogP contribution >= 0.6 is 11.6 Å². The summed E-state index contributed by atoms with van der Waals surface area (Å²) in [4.78, 5) is 0. The van der Waals surface area contributed by atoms with Gasteiger partial charge in [0.25, 0.3) is 0 Å². The summed E-state index contributed by atoms with van der Waals surface area (Å²) in [6.45, 7) is 1.36. The predicted octanol–water partition coefficient (Wildman–Crippen LogP) is 0.836. The van der Waals surface area contributed by atoms with Gasteiger partial charge in [-0.2, -0.15) is 0 Å². The summed E-state index contributed by atoms with van der Waals surface area (Å²) in [6, 6.07) is 6.50. The average Bonchev–Trinajstić information content (AvgIpc) is 1.99. The standard InChI is InChI=1S/C9H12ClNO3S/c1-9(12,6-15(11,13)14)7-4-2-3-5-8(7)10/h2-5,12H,6H2,1H3,(H2,11,13,14). The molecule has 0 aliphatic heterocycles. The van der Waals surface area contributed by atoms with Crippen LogP contribution < -0.4 is 5.14 Å². The maximum absolute atomic E-state index is 10.9. The monoisotopic (exact) mass is 249 g/mol. The highest BCUT2D eigenvalue weighted by Crippen LogP contribution is 2.28. The van der Waals surface area contributed by atoms with E-state index in [0.717, 1.165) is 0 Å². The largest absolute Gasteiger partial charge is 0.384 e. The second kappa shape index (κ2) is 4.09. The fraction of sp³-hybridized carbons (Fsp3) is 0.333. The first-order valence-corrected chi connectivity index (χ1v) is 6.29. The van der Waals surface area contributed by atoms with E-state index in [4.69, 9.17) is 16.7 Å². The van der Waals surface area contributed by atoms with E-state index in [2.05, 4.69) is 0 Å². The summed E-state index contributed by atoms with van der Waals surface area (Å²) in [6.07, 6.45) is 0. The van der Waals surface area contributed by atoms with Crippen LogP contribution in [0.25, 0.3) is 0 Å². The Morgan fingerprint density at radius 3 is 2.47 bits per heavy atom. The van der Waals surface area contributed by atoms with E-state index >= 15 is 0 Å². The van der Waals surface area contributed by atoms with E-state index < -0.39 is 21.4 Å². The van der Waals surface area contributed by atoms with Gasteiger partial charge in [-0.3, -0.25) is 0 Å². The van der Waals surface area contributed by atoms with Gasteiger partial charge in [-0.05, 0) is 13.0 Å². The van der Waals surface area contributed by atoms with E-state index in [1.54, 1.807) is 24.3 Å². The number of halogens is 1. The van der Waals surface area contributed by atoms with Crippen molar-refractivity contribution in [3.63, 3.8) is 0 Å². The topological polar surface area (TPSA) is 80.4 Å². The van der Waals surface area contributed by atoms with Gasteiger partial charge in [-0.15, -0.1) is 0 Å². The number of primary sulfonamides is 1. The molecule has 1 unspecified atom stereocenters. The zero-order valence-corrected chi connectivity index (χ0v) is 9.72. The SMILES string of the molecule is CC(O)(CS(N)(=O)=O)c1ccccc1Cl. The molecular weight excluding hydrogens is 238 g/mol. The van der Waals surface area contributed by atoms with Crippen molar-refractivity contribution in [1.82, 2.24) is 0 Å². The van der Waals surface area contributed by atoms with E-state index in [1.807, 2.05) is 0 Å². The molecule has 0 saturated heterocycles. The van der Waals surface area contributed by atoms with Crippen molar-refractivity contribution >= 4 is 21.6 Å². The number of nitrogens with two attached hydrogens (primary N) is 1. The lowest BCUT2D eigenvalue weighted by molar-refractivity contribution is 0.0821. The molecule has 4 nitrogen and oxygen atoms in total. The van der Waals surface area contributed by atoms with Crippen LogP contribution in [0, 0.1) is 0 Å². The van der Waals surface area contributed by atoms with Crippen molar-refractivity contribution in [3.05, 3.63) is 34.9 Å². The lowest BCUT2D eigenvalue weighted by Crippen LogP contribution is -2.34. The fourth-order valence-electron chi connectivity index (χ4n) is 1.37. The Balaban J connectivity index is 3.12. The molecule has 15 heavy (non-hydrogen) atoms. The lowest BCUT2D eigenvalue weighted by atomic mass is 9.98. The van der Waals surface area contributed by atoms with Crippen LogP contribution in [-0.4, -0.2) is 19.3 Å². The van der Waals surface area contributed by atoms with Crippen LogP contribution in [-0.2, 0) is 15.6 Å². The molecule has 0 fully saturated rings. The number of aliphatic hydroxyl groups is 1. The molecule has 0 bridgehead atoms. The van der Waals surface area contributed by atoms with Crippen molar-refractivity contribution < 1.29 is 13.5 Å². The third kappa shape index (κ3) is 3.46. The Bertz CT molecular complexity index is 456. The van der Waals surface area contributed by atoms with Gasteiger partial charge in [-0.1, -0.05) is 29.8 Å². The molecule has 0 aliphatic carbocycles. The molecule has 1 aromatic rings. The quantitative estimate of drug-likeness (QED) is 0.833. The molecular formula is C9H12ClNO3S. The molecule has 1 atom stereocenters. The van der Waals surface area contributed by atoms with E-state index in [1.165, 1.54) is 6.92 Å². The van der Waals surface area contributed by atoms with Crippen molar-refractivity contribution in [2.24, 2.45) is 5.14 Å². The van der Waals surface area contributed by atoms with Crippen molar-refractivity contribution in [2.75, 3.05) is 5.75 Å². The van der Waals surface area contributed by atoms with Gasteiger partial charge in [0.05, 0.1) is 5.75 Å². The van der Waals surface area contributed by atoms with Crippen molar-refractivity contribution in [1.29, 1.82) is 0 Å². The second-order valence-corrected chi connectivity index (χ2v) is 5.58. The molecule has 0 amide bonds. The lowest BCUT2D eigenvalue weighted by Gasteiger charge is -2.23. The third-order valence-electron chi connectivity index (χ3n) is 1.94. The molecule has 84 valence electrons. The summed E-state index contributed by atoms with van der Waals surface area (Å²) in [5, 5.41) is 15.1. The van der Waals surface area contributed by atoms with Gasteiger partial charge in [0.1, 0.15) is 5.60 Å². The first-order chi connectivity index (χ1) is 6.72. The molecule has 1 aromatic carbocycles. The zero-order valence-electron chi connectivity index (χ0n) is 8.14. The minimum Gasteiger partial charge on any atom is -0.384 e. The minimum absolute atomic E-state index is 0.311. The molecule has 0 heterocycles. The minimum atomic E-state index is -3.76. The summed E-state index contributed by atoms with van der Waals surface area (Å²) in [5.41, 5.74) is -1.23. The average molecular weight is 250 g/mol. The number of rotatable bonds is 3. The Kier molecular flexibility index (Phi) is 3.40. The van der Waals surface area contributed by atoms with Gasteiger partial charge in [-0.25, -0.2) is 13.6 Å². The van der Waals surface area contributed by atoms with Crippen molar-refractivity contribution in [2.45, 2.75) is 12.5 Å². The smallest absolute Gasteiger partial charge is 0.212 e. The van der Waals surface area contributed by atoms with Crippen LogP contribution in [0.15, 0.2) is 24.3 Å². The molecule has 1 rings (SSSR count). The highest BCUT2D eigenvalue weighted by molar-refractivity contribution is 7.89. The van der Waals surface area contributed by atoms with Gasteiger partial charge in [0.15, 0.2) is 0 Å². The zero-order chi connectivity index (χ0) is 11.7. The maximum Gasteiger partial charge on any atom is 0.212 e. The van der Waals surface area contributed by atoms with E-state index in [0.29, 0.717) is 10.6 Å². The van der Waals surface area contributed by atoms with Crippen molar-refractivity contribution in [3.8, 4) is 0 Å². The summed E-state index contributed by atoms with van der Waals surface area (Å²) >= 11 is 5.84. The fourth-order valence-corrected chi connectivity index (χ4v) is 2.65. The molecule has 0 spiro atoms. The van der Waals surface area contributed by atoms with Crippen LogP contribution in [0.2, 0.25) is 5.02 Å². The number of sulfonamides is 1. The van der Waals surface area contributed by atoms with E-state index in [9.17, 15) is 13.5 Å². The molecule has 6 heteroatoms. The Morgan fingerprint density at radius 2 is 2.00 bits per heavy atom. The third-order valence-corrected chi connectivity index (χ3v) is 3.23.